The van der Waals surface area contributed by atoms with Gasteiger partial charge in [0, 0.05) is 11.3 Å². The molecule has 146 valence electrons. The van der Waals surface area contributed by atoms with Gasteiger partial charge in [-0.05, 0) is 47.4 Å². The summed E-state index contributed by atoms with van der Waals surface area (Å²) in [6.07, 6.45) is 0.864. The quantitative estimate of drug-likeness (QED) is 0.431. The molecule has 3 aromatic carbocycles. The molecule has 0 aliphatic carbocycles. The van der Waals surface area contributed by atoms with Crippen LogP contribution in [0.25, 0.3) is 22.2 Å². The SMILES string of the molecule is CCc1cccc(C)c1NC(=O)CSc1nnc(-c2ccc3ccccc3c2)o1. The molecular weight excluding hydrogens is 382 g/mol. The number of nitrogens with one attached hydrogen (secondary N) is 1. The van der Waals surface area contributed by atoms with E-state index in [1.54, 1.807) is 0 Å². The number of carbonyl (C=O) groups is 1. The van der Waals surface area contributed by atoms with Gasteiger partial charge in [-0.3, -0.25) is 4.79 Å². The molecule has 0 saturated carbocycles. The maximum atomic E-state index is 12.4. The Balaban J connectivity index is 1.42. The minimum absolute atomic E-state index is 0.0931. The van der Waals surface area contributed by atoms with Crippen LogP contribution in [0, 0.1) is 6.92 Å². The Kier molecular flexibility index (Phi) is 5.62. The molecule has 0 aliphatic heterocycles. The topological polar surface area (TPSA) is 68.0 Å². The van der Waals surface area contributed by atoms with Crippen LogP contribution in [0.5, 0.6) is 0 Å². The van der Waals surface area contributed by atoms with Gasteiger partial charge in [-0.2, -0.15) is 0 Å². The second-order valence-electron chi connectivity index (χ2n) is 6.73. The first-order valence-corrected chi connectivity index (χ1v) is 10.5. The number of fused-ring (bicyclic) bond motifs is 1. The van der Waals surface area contributed by atoms with E-state index in [1.165, 1.54) is 11.8 Å². The lowest BCUT2D eigenvalue weighted by molar-refractivity contribution is -0.113. The normalized spacial score (nSPS) is 11.0. The van der Waals surface area contributed by atoms with E-state index >= 15 is 0 Å². The summed E-state index contributed by atoms with van der Waals surface area (Å²) in [5.41, 5.74) is 3.93. The van der Waals surface area contributed by atoms with Crippen LogP contribution in [0.3, 0.4) is 0 Å². The van der Waals surface area contributed by atoms with E-state index in [9.17, 15) is 4.79 Å². The lowest BCUT2D eigenvalue weighted by Gasteiger charge is -2.12. The molecule has 0 aliphatic rings. The number of aryl methyl sites for hydroxylation is 2. The van der Waals surface area contributed by atoms with Gasteiger partial charge in [0.1, 0.15) is 0 Å². The Morgan fingerprint density at radius 3 is 2.69 bits per heavy atom. The molecule has 0 saturated heterocycles. The van der Waals surface area contributed by atoms with Crippen LogP contribution < -0.4 is 5.32 Å². The van der Waals surface area contributed by atoms with E-state index in [-0.39, 0.29) is 11.7 Å². The number of aromatic nitrogens is 2. The highest BCUT2D eigenvalue weighted by atomic mass is 32.2. The molecular formula is C23H21N3O2S. The fraction of sp³-hybridized carbons (Fsp3) is 0.174. The zero-order valence-electron chi connectivity index (χ0n) is 16.3. The highest BCUT2D eigenvalue weighted by Crippen LogP contribution is 2.27. The standard InChI is InChI=1S/C23H21N3O2S/c1-3-16-10-6-7-15(2)21(16)24-20(27)14-29-23-26-25-22(28-23)19-12-11-17-8-4-5-9-18(17)13-19/h4-13H,3,14H2,1-2H3,(H,24,27). The molecule has 5 nitrogen and oxygen atoms in total. The number of anilines is 1. The van der Waals surface area contributed by atoms with Crippen molar-refractivity contribution in [3.8, 4) is 11.5 Å². The lowest BCUT2D eigenvalue weighted by atomic mass is 10.1. The zero-order chi connectivity index (χ0) is 20.2. The molecule has 0 fully saturated rings. The maximum absolute atomic E-state index is 12.4. The minimum Gasteiger partial charge on any atom is -0.411 e. The van der Waals surface area contributed by atoms with Crippen molar-refractivity contribution in [2.75, 3.05) is 11.1 Å². The van der Waals surface area contributed by atoms with Gasteiger partial charge in [-0.15, -0.1) is 10.2 Å². The number of para-hydroxylation sites is 1. The van der Waals surface area contributed by atoms with Crippen LogP contribution in [-0.2, 0) is 11.2 Å². The highest BCUT2D eigenvalue weighted by Gasteiger charge is 2.13. The van der Waals surface area contributed by atoms with Crippen molar-refractivity contribution in [1.82, 2.24) is 10.2 Å². The largest absolute Gasteiger partial charge is 0.411 e. The predicted molar refractivity (Wildman–Crippen MR) is 117 cm³/mol. The number of hydrogen-bond acceptors (Lipinski definition) is 5. The van der Waals surface area contributed by atoms with E-state index in [2.05, 4.69) is 28.5 Å². The average molecular weight is 404 g/mol. The van der Waals surface area contributed by atoms with E-state index < -0.39 is 0 Å². The van der Waals surface area contributed by atoms with Crippen LogP contribution in [0.2, 0.25) is 0 Å². The van der Waals surface area contributed by atoms with Gasteiger partial charge < -0.3 is 9.73 Å². The third-order valence-electron chi connectivity index (χ3n) is 4.73. The Hall–Kier alpha value is -3.12. The number of benzene rings is 3. The van der Waals surface area contributed by atoms with Crippen molar-refractivity contribution in [3.63, 3.8) is 0 Å². The Bertz CT molecular complexity index is 1170. The molecule has 6 heteroatoms. The van der Waals surface area contributed by atoms with Gasteiger partial charge in [-0.1, -0.05) is 67.2 Å². The average Bonchev–Trinajstić information content (AvgIpc) is 3.22. The Morgan fingerprint density at radius 2 is 1.86 bits per heavy atom. The molecule has 29 heavy (non-hydrogen) atoms. The van der Waals surface area contributed by atoms with Crippen molar-refractivity contribution in [2.45, 2.75) is 25.5 Å². The van der Waals surface area contributed by atoms with Crippen LogP contribution in [-0.4, -0.2) is 21.9 Å². The number of hydrogen-bond donors (Lipinski definition) is 1. The van der Waals surface area contributed by atoms with E-state index in [0.29, 0.717) is 11.1 Å². The maximum Gasteiger partial charge on any atom is 0.277 e. The molecule has 0 atom stereocenters. The molecule has 0 unspecified atom stereocenters. The Morgan fingerprint density at radius 1 is 1.03 bits per heavy atom. The fourth-order valence-electron chi connectivity index (χ4n) is 3.21. The summed E-state index contributed by atoms with van der Waals surface area (Å²) in [4.78, 5) is 12.4. The minimum atomic E-state index is -0.0931. The number of thioether (sulfide) groups is 1. The summed E-state index contributed by atoms with van der Waals surface area (Å²) < 4.78 is 5.75. The number of rotatable bonds is 6. The van der Waals surface area contributed by atoms with E-state index in [1.807, 2.05) is 61.5 Å². The first kappa shape index (κ1) is 19.2. The van der Waals surface area contributed by atoms with Crippen molar-refractivity contribution < 1.29 is 9.21 Å². The molecule has 1 aromatic heterocycles. The van der Waals surface area contributed by atoms with Gasteiger partial charge in [0.25, 0.3) is 5.22 Å². The summed E-state index contributed by atoms with van der Waals surface area (Å²) in [5, 5.41) is 13.9. The fourth-order valence-corrected chi connectivity index (χ4v) is 3.78. The summed E-state index contributed by atoms with van der Waals surface area (Å²) in [6, 6.07) is 20.2. The third-order valence-corrected chi connectivity index (χ3v) is 5.55. The molecule has 1 N–H and O–H groups in total. The smallest absolute Gasteiger partial charge is 0.277 e. The molecule has 4 rings (SSSR count). The van der Waals surface area contributed by atoms with Crippen LogP contribution in [0.1, 0.15) is 18.1 Å². The second-order valence-corrected chi connectivity index (χ2v) is 7.66. The van der Waals surface area contributed by atoms with Gasteiger partial charge in [0.15, 0.2) is 0 Å². The second kappa shape index (κ2) is 8.49. The van der Waals surface area contributed by atoms with Crippen molar-refractivity contribution in [1.29, 1.82) is 0 Å². The number of nitrogens with zero attached hydrogens (tertiary/aromatic N) is 2. The van der Waals surface area contributed by atoms with Gasteiger partial charge in [0.2, 0.25) is 11.8 Å². The van der Waals surface area contributed by atoms with Gasteiger partial charge in [-0.25, -0.2) is 0 Å². The summed E-state index contributed by atoms with van der Waals surface area (Å²) in [5.74, 6) is 0.562. The lowest BCUT2D eigenvalue weighted by Crippen LogP contribution is -2.16. The first-order chi connectivity index (χ1) is 14.1. The van der Waals surface area contributed by atoms with Gasteiger partial charge >= 0.3 is 0 Å². The van der Waals surface area contributed by atoms with E-state index in [0.717, 1.165) is 39.6 Å². The zero-order valence-corrected chi connectivity index (χ0v) is 17.1. The molecule has 0 spiro atoms. The summed E-state index contributed by atoms with van der Waals surface area (Å²) in [7, 11) is 0. The number of carbonyl (C=O) groups excluding carboxylic acids is 1. The molecule has 0 radical (unpaired) electrons. The summed E-state index contributed by atoms with van der Waals surface area (Å²) >= 11 is 1.23. The first-order valence-electron chi connectivity index (χ1n) is 9.48. The van der Waals surface area contributed by atoms with E-state index in [4.69, 9.17) is 4.42 Å². The number of amides is 1. The molecule has 1 amide bonds. The Labute approximate surface area is 173 Å². The monoisotopic (exact) mass is 403 g/mol. The highest BCUT2D eigenvalue weighted by molar-refractivity contribution is 7.99. The van der Waals surface area contributed by atoms with Crippen molar-refractivity contribution in [2.24, 2.45) is 0 Å². The van der Waals surface area contributed by atoms with Crippen molar-refractivity contribution in [3.05, 3.63) is 71.8 Å². The molecule has 1 heterocycles. The van der Waals surface area contributed by atoms with Gasteiger partial charge in [0.05, 0.1) is 5.75 Å². The van der Waals surface area contributed by atoms with Crippen LogP contribution in [0.4, 0.5) is 5.69 Å². The van der Waals surface area contributed by atoms with Crippen LogP contribution in [0.15, 0.2) is 70.3 Å². The van der Waals surface area contributed by atoms with Crippen LogP contribution >= 0.6 is 11.8 Å². The molecule has 0 bridgehead atoms. The van der Waals surface area contributed by atoms with Crippen molar-refractivity contribution >= 4 is 34.1 Å². The predicted octanol–water partition coefficient (Wildman–Crippen LogP) is 5.49. The summed E-state index contributed by atoms with van der Waals surface area (Å²) in [6.45, 7) is 4.07. The molecule has 4 aromatic rings. The third kappa shape index (κ3) is 4.32.